The van der Waals surface area contributed by atoms with Crippen LogP contribution in [0.5, 0.6) is 0 Å². The van der Waals surface area contributed by atoms with E-state index in [2.05, 4.69) is 5.32 Å². The third-order valence-corrected chi connectivity index (χ3v) is 4.97. The molecule has 0 radical (unpaired) electrons. The van der Waals surface area contributed by atoms with E-state index in [1.165, 1.54) is 0 Å². The van der Waals surface area contributed by atoms with Crippen molar-refractivity contribution in [1.82, 2.24) is 10.2 Å². The third kappa shape index (κ3) is 3.80. The highest BCUT2D eigenvalue weighted by Gasteiger charge is 2.38. The minimum atomic E-state index is -0.423. The van der Waals surface area contributed by atoms with E-state index >= 15 is 0 Å². The molecule has 2 fully saturated rings. The second-order valence-corrected chi connectivity index (χ2v) is 7.98. The predicted molar refractivity (Wildman–Crippen MR) is 85.2 cm³/mol. The maximum atomic E-state index is 12.6. The van der Waals surface area contributed by atoms with E-state index < -0.39 is 11.0 Å². The molecule has 1 saturated carbocycles. The first-order valence-corrected chi connectivity index (χ1v) is 8.50. The molecule has 2 aliphatic rings. The summed E-state index contributed by atoms with van der Waals surface area (Å²) in [4.78, 5) is 26.8. The lowest BCUT2D eigenvalue weighted by Crippen LogP contribution is -2.54. The Morgan fingerprint density at radius 3 is 2.41 bits per heavy atom. The normalized spacial score (nSPS) is 25.1. The highest BCUT2D eigenvalue weighted by atomic mass is 16.3. The molecule has 1 heterocycles. The first-order valence-electron chi connectivity index (χ1n) is 8.50. The van der Waals surface area contributed by atoms with Gasteiger partial charge in [-0.3, -0.25) is 9.59 Å². The zero-order chi connectivity index (χ0) is 16.4. The number of hydrogen-bond acceptors (Lipinski definition) is 3. The van der Waals surface area contributed by atoms with E-state index in [0.717, 1.165) is 45.1 Å². The monoisotopic (exact) mass is 310 g/mol. The lowest BCUT2D eigenvalue weighted by atomic mass is 9.90. The Hall–Kier alpha value is -1.10. The van der Waals surface area contributed by atoms with Gasteiger partial charge in [-0.25, -0.2) is 0 Å². The summed E-state index contributed by atoms with van der Waals surface area (Å²) in [6.45, 7) is 7.00. The van der Waals surface area contributed by atoms with Crippen molar-refractivity contribution >= 4 is 11.8 Å². The van der Waals surface area contributed by atoms with Crippen molar-refractivity contribution in [2.24, 2.45) is 11.3 Å². The van der Waals surface area contributed by atoms with Crippen molar-refractivity contribution in [2.75, 3.05) is 19.7 Å². The summed E-state index contributed by atoms with van der Waals surface area (Å²) in [5.41, 5.74) is -0.830. The van der Waals surface area contributed by atoms with Gasteiger partial charge in [-0.05, 0) is 25.7 Å². The van der Waals surface area contributed by atoms with Crippen LogP contribution in [0.4, 0.5) is 0 Å². The zero-order valence-corrected chi connectivity index (χ0v) is 14.2. The minimum absolute atomic E-state index is 0.00218. The Kier molecular flexibility index (Phi) is 5.15. The molecule has 1 aliphatic heterocycles. The summed E-state index contributed by atoms with van der Waals surface area (Å²) in [5, 5.41) is 12.7. The molecule has 0 aromatic carbocycles. The van der Waals surface area contributed by atoms with Crippen molar-refractivity contribution < 1.29 is 14.7 Å². The topological polar surface area (TPSA) is 69.6 Å². The van der Waals surface area contributed by atoms with Gasteiger partial charge in [-0.1, -0.05) is 33.6 Å². The van der Waals surface area contributed by atoms with Crippen molar-refractivity contribution in [3.8, 4) is 0 Å². The average Bonchev–Trinajstić information content (AvgIpc) is 2.94. The molecule has 2 N–H and O–H groups in total. The van der Waals surface area contributed by atoms with Gasteiger partial charge in [0, 0.05) is 18.5 Å². The molecule has 22 heavy (non-hydrogen) atoms. The molecule has 2 rings (SSSR count). The van der Waals surface area contributed by atoms with Crippen LogP contribution >= 0.6 is 0 Å². The molecular formula is C17H30N2O3. The number of aliphatic hydroxyl groups is 1. The molecule has 5 nitrogen and oxygen atoms in total. The number of piperidine rings is 1. The van der Waals surface area contributed by atoms with E-state index in [4.69, 9.17) is 0 Å². The Labute approximate surface area is 133 Å². The van der Waals surface area contributed by atoms with Gasteiger partial charge in [0.1, 0.15) is 0 Å². The largest absolute Gasteiger partial charge is 0.394 e. The highest BCUT2D eigenvalue weighted by molar-refractivity contribution is 5.84. The molecule has 0 aromatic heterocycles. The van der Waals surface area contributed by atoms with Crippen molar-refractivity contribution in [3.63, 3.8) is 0 Å². The van der Waals surface area contributed by atoms with Crippen LogP contribution in [-0.2, 0) is 9.59 Å². The van der Waals surface area contributed by atoms with Gasteiger partial charge in [0.05, 0.1) is 18.1 Å². The summed E-state index contributed by atoms with van der Waals surface area (Å²) < 4.78 is 0. The van der Waals surface area contributed by atoms with E-state index in [0.29, 0.717) is 6.54 Å². The standard InChI is InChI=1S/C17H30N2O3/c1-16(2,3)15(22)19-10-6-7-13(11-19)14(21)18-17(12-20)8-4-5-9-17/h13,20H,4-12H2,1-3H3,(H,18,21). The summed E-state index contributed by atoms with van der Waals surface area (Å²) in [7, 11) is 0. The number of carbonyl (C=O) groups is 2. The van der Waals surface area contributed by atoms with Gasteiger partial charge in [-0.2, -0.15) is 0 Å². The lowest BCUT2D eigenvalue weighted by Gasteiger charge is -2.37. The number of hydrogen-bond donors (Lipinski definition) is 2. The number of amides is 2. The Balaban J connectivity index is 1.97. The van der Waals surface area contributed by atoms with Crippen molar-refractivity contribution in [1.29, 1.82) is 0 Å². The van der Waals surface area contributed by atoms with Crippen LogP contribution in [0, 0.1) is 11.3 Å². The highest BCUT2D eigenvalue weighted by Crippen LogP contribution is 2.30. The van der Waals surface area contributed by atoms with Gasteiger partial charge in [0.15, 0.2) is 0 Å². The second-order valence-electron chi connectivity index (χ2n) is 7.98. The fourth-order valence-electron chi connectivity index (χ4n) is 3.59. The zero-order valence-electron chi connectivity index (χ0n) is 14.2. The van der Waals surface area contributed by atoms with Gasteiger partial charge >= 0.3 is 0 Å². The maximum Gasteiger partial charge on any atom is 0.227 e. The van der Waals surface area contributed by atoms with Crippen LogP contribution in [0.25, 0.3) is 0 Å². The minimum Gasteiger partial charge on any atom is -0.394 e. The lowest BCUT2D eigenvalue weighted by molar-refractivity contribution is -0.143. The molecule has 2 amide bonds. The quantitative estimate of drug-likeness (QED) is 0.833. The van der Waals surface area contributed by atoms with E-state index in [-0.39, 0.29) is 24.3 Å². The Morgan fingerprint density at radius 1 is 1.23 bits per heavy atom. The summed E-state index contributed by atoms with van der Waals surface area (Å²) >= 11 is 0. The summed E-state index contributed by atoms with van der Waals surface area (Å²) in [6.07, 6.45) is 5.51. The average molecular weight is 310 g/mol. The van der Waals surface area contributed by atoms with Gasteiger partial charge in [-0.15, -0.1) is 0 Å². The van der Waals surface area contributed by atoms with Gasteiger partial charge < -0.3 is 15.3 Å². The number of nitrogens with one attached hydrogen (secondary N) is 1. The summed E-state index contributed by atoms with van der Waals surface area (Å²) in [5.74, 6) is -0.0332. The number of nitrogens with zero attached hydrogens (tertiary/aromatic N) is 1. The second kappa shape index (κ2) is 6.57. The van der Waals surface area contributed by atoms with E-state index in [1.807, 2.05) is 25.7 Å². The molecule has 0 aromatic rings. The first-order chi connectivity index (χ1) is 10.3. The first kappa shape index (κ1) is 17.3. The van der Waals surface area contributed by atoms with Crippen molar-refractivity contribution in [2.45, 2.75) is 64.8 Å². The molecule has 1 unspecified atom stereocenters. The number of aliphatic hydroxyl groups excluding tert-OH is 1. The Bertz CT molecular complexity index is 422. The predicted octanol–water partition coefficient (Wildman–Crippen LogP) is 1.69. The van der Waals surface area contributed by atoms with Gasteiger partial charge in [0.2, 0.25) is 11.8 Å². The third-order valence-electron chi connectivity index (χ3n) is 4.97. The Morgan fingerprint density at radius 2 is 1.86 bits per heavy atom. The molecule has 0 spiro atoms. The van der Waals surface area contributed by atoms with E-state index in [1.54, 1.807) is 0 Å². The SMILES string of the molecule is CC(C)(C)C(=O)N1CCCC(C(=O)NC2(CO)CCCC2)C1. The van der Waals surface area contributed by atoms with Crippen LogP contribution in [0.15, 0.2) is 0 Å². The maximum absolute atomic E-state index is 12.6. The molecule has 126 valence electrons. The fourth-order valence-corrected chi connectivity index (χ4v) is 3.59. The van der Waals surface area contributed by atoms with Crippen LogP contribution < -0.4 is 5.32 Å². The number of rotatable bonds is 3. The molecule has 5 heteroatoms. The number of carbonyl (C=O) groups excluding carboxylic acids is 2. The number of likely N-dealkylation sites (tertiary alicyclic amines) is 1. The van der Waals surface area contributed by atoms with Crippen LogP contribution in [0.1, 0.15) is 59.3 Å². The summed E-state index contributed by atoms with van der Waals surface area (Å²) in [6, 6.07) is 0. The van der Waals surface area contributed by atoms with Gasteiger partial charge in [0.25, 0.3) is 0 Å². The van der Waals surface area contributed by atoms with Crippen LogP contribution in [0.3, 0.4) is 0 Å². The molecule has 1 atom stereocenters. The van der Waals surface area contributed by atoms with Crippen molar-refractivity contribution in [3.05, 3.63) is 0 Å². The molecule has 1 aliphatic carbocycles. The molecule has 1 saturated heterocycles. The van der Waals surface area contributed by atoms with Crippen LogP contribution in [-0.4, -0.2) is 47.1 Å². The smallest absolute Gasteiger partial charge is 0.227 e. The molecular weight excluding hydrogens is 280 g/mol. The fraction of sp³-hybridized carbons (Fsp3) is 0.882. The van der Waals surface area contributed by atoms with Crippen LogP contribution in [0.2, 0.25) is 0 Å². The van der Waals surface area contributed by atoms with E-state index in [9.17, 15) is 14.7 Å². The molecule has 0 bridgehead atoms.